The average Bonchev–Trinajstić information content (AvgIpc) is 3.11. The monoisotopic (exact) mass is 390 g/mol. The second-order valence-electron chi connectivity index (χ2n) is 8.40. The molecule has 4 rings (SSSR count). The molecule has 0 aliphatic carbocycles. The third kappa shape index (κ3) is 4.35. The molecule has 1 aromatic heterocycles. The maximum absolute atomic E-state index is 13.3. The van der Waals surface area contributed by atoms with E-state index in [0.717, 1.165) is 55.0 Å². The van der Waals surface area contributed by atoms with Gasteiger partial charge in [-0.05, 0) is 43.0 Å². The number of fused-ring (bicyclic) bond motifs is 1. The van der Waals surface area contributed by atoms with Crippen molar-refractivity contribution in [2.24, 2.45) is 5.92 Å². The number of nitrogens with zero attached hydrogens (tertiary/aromatic N) is 3. The minimum Gasteiger partial charge on any atom is -0.342 e. The zero-order valence-corrected chi connectivity index (χ0v) is 17.6. The van der Waals surface area contributed by atoms with Crippen molar-refractivity contribution in [3.05, 3.63) is 65.5 Å². The van der Waals surface area contributed by atoms with Crippen LogP contribution in [-0.2, 0) is 6.42 Å². The third-order valence-electron chi connectivity index (χ3n) is 5.94. The fourth-order valence-electron chi connectivity index (χ4n) is 4.26. The number of aryl methyl sites for hydroxylation is 1. The molecule has 0 bridgehead atoms. The Morgan fingerprint density at radius 3 is 2.72 bits per heavy atom. The minimum absolute atomic E-state index is 0.126. The van der Waals surface area contributed by atoms with Gasteiger partial charge in [-0.3, -0.25) is 9.69 Å². The molecular weight excluding hydrogens is 360 g/mol. The molecule has 1 amide bonds. The van der Waals surface area contributed by atoms with Gasteiger partial charge in [0.2, 0.25) is 0 Å². The van der Waals surface area contributed by atoms with Crippen LogP contribution in [0.15, 0.2) is 48.5 Å². The molecule has 2 aromatic carbocycles. The second-order valence-corrected chi connectivity index (χ2v) is 8.40. The molecule has 1 saturated heterocycles. The number of rotatable bonds is 5. The summed E-state index contributed by atoms with van der Waals surface area (Å²) in [6.07, 6.45) is 1.05. The van der Waals surface area contributed by atoms with E-state index in [4.69, 9.17) is 0 Å². The SMILES string of the molecule is Cc1nc2ccc(C(=O)N3CCN(CCc4ccccc4)CC3C(C)C)cc2[nH]1. The fraction of sp³-hybridized carbons (Fsp3) is 0.417. The van der Waals surface area contributed by atoms with Crippen LogP contribution < -0.4 is 0 Å². The van der Waals surface area contributed by atoms with Crippen molar-refractivity contribution in [3.63, 3.8) is 0 Å². The molecule has 0 saturated carbocycles. The molecule has 1 aliphatic rings. The first-order valence-electron chi connectivity index (χ1n) is 10.5. The van der Waals surface area contributed by atoms with Crippen LogP contribution in [0.5, 0.6) is 0 Å². The number of carbonyl (C=O) groups is 1. The number of nitrogens with one attached hydrogen (secondary N) is 1. The van der Waals surface area contributed by atoms with E-state index in [-0.39, 0.29) is 11.9 Å². The molecule has 0 spiro atoms. The lowest BCUT2D eigenvalue weighted by Gasteiger charge is -2.43. The van der Waals surface area contributed by atoms with Gasteiger partial charge in [0.25, 0.3) is 5.91 Å². The van der Waals surface area contributed by atoms with Crippen LogP contribution in [0, 0.1) is 12.8 Å². The normalized spacial score (nSPS) is 17.9. The number of piperazine rings is 1. The Morgan fingerprint density at radius 1 is 1.17 bits per heavy atom. The number of hydrogen-bond donors (Lipinski definition) is 1. The lowest BCUT2D eigenvalue weighted by molar-refractivity contribution is 0.0350. The minimum atomic E-state index is 0.126. The summed E-state index contributed by atoms with van der Waals surface area (Å²) >= 11 is 0. The van der Waals surface area contributed by atoms with E-state index in [2.05, 4.69) is 63.9 Å². The van der Waals surface area contributed by atoms with Crippen LogP contribution in [-0.4, -0.2) is 57.9 Å². The Labute approximate surface area is 172 Å². The number of aromatic nitrogens is 2. The lowest BCUT2D eigenvalue weighted by atomic mass is 9.98. The van der Waals surface area contributed by atoms with Gasteiger partial charge in [0.15, 0.2) is 0 Å². The second kappa shape index (κ2) is 8.37. The number of aromatic amines is 1. The number of benzene rings is 2. The van der Waals surface area contributed by atoms with Gasteiger partial charge in [0.1, 0.15) is 5.82 Å². The number of H-pyrrole nitrogens is 1. The molecule has 1 unspecified atom stereocenters. The fourth-order valence-corrected chi connectivity index (χ4v) is 4.26. The predicted molar refractivity (Wildman–Crippen MR) is 117 cm³/mol. The summed E-state index contributed by atoms with van der Waals surface area (Å²) in [5.74, 6) is 1.41. The van der Waals surface area contributed by atoms with E-state index in [9.17, 15) is 4.79 Å². The Hall–Kier alpha value is -2.66. The van der Waals surface area contributed by atoms with Crippen molar-refractivity contribution < 1.29 is 4.79 Å². The Morgan fingerprint density at radius 2 is 1.97 bits per heavy atom. The first kappa shape index (κ1) is 19.6. The molecule has 152 valence electrons. The summed E-state index contributed by atoms with van der Waals surface area (Å²) in [4.78, 5) is 25.6. The third-order valence-corrected chi connectivity index (χ3v) is 5.94. The van der Waals surface area contributed by atoms with E-state index in [1.54, 1.807) is 0 Å². The number of imidazole rings is 1. The Balaban J connectivity index is 1.46. The van der Waals surface area contributed by atoms with Crippen LogP contribution in [0.4, 0.5) is 0 Å². The van der Waals surface area contributed by atoms with Crippen LogP contribution >= 0.6 is 0 Å². The summed E-state index contributed by atoms with van der Waals surface area (Å²) in [7, 11) is 0. The number of carbonyl (C=O) groups excluding carboxylic acids is 1. The van der Waals surface area contributed by atoms with E-state index >= 15 is 0 Å². The Kier molecular flexibility index (Phi) is 5.67. The van der Waals surface area contributed by atoms with Crippen LogP contribution in [0.25, 0.3) is 11.0 Å². The summed E-state index contributed by atoms with van der Waals surface area (Å²) in [5, 5.41) is 0. The molecule has 5 nitrogen and oxygen atoms in total. The molecule has 1 atom stereocenters. The van der Waals surface area contributed by atoms with Crippen molar-refractivity contribution in [2.45, 2.75) is 33.2 Å². The van der Waals surface area contributed by atoms with Gasteiger partial charge in [0, 0.05) is 37.8 Å². The maximum atomic E-state index is 13.3. The van der Waals surface area contributed by atoms with Crippen LogP contribution in [0.3, 0.4) is 0 Å². The topological polar surface area (TPSA) is 52.2 Å². The van der Waals surface area contributed by atoms with Crippen molar-refractivity contribution in [1.82, 2.24) is 19.8 Å². The van der Waals surface area contributed by atoms with Gasteiger partial charge in [-0.15, -0.1) is 0 Å². The largest absolute Gasteiger partial charge is 0.342 e. The van der Waals surface area contributed by atoms with Crippen molar-refractivity contribution in [2.75, 3.05) is 26.2 Å². The van der Waals surface area contributed by atoms with Gasteiger partial charge >= 0.3 is 0 Å². The summed E-state index contributed by atoms with van der Waals surface area (Å²) in [6, 6.07) is 16.6. The van der Waals surface area contributed by atoms with E-state index < -0.39 is 0 Å². The smallest absolute Gasteiger partial charge is 0.254 e. The van der Waals surface area contributed by atoms with Crippen molar-refractivity contribution >= 4 is 16.9 Å². The molecular formula is C24H30N4O. The highest BCUT2D eigenvalue weighted by molar-refractivity contribution is 5.97. The lowest BCUT2D eigenvalue weighted by Crippen LogP contribution is -2.57. The van der Waals surface area contributed by atoms with E-state index in [1.165, 1.54) is 5.56 Å². The predicted octanol–water partition coefficient (Wildman–Crippen LogP) is 3.90. The van der Waals surface area contributed by atoms with Gasteiger partial charge < -0.3 is 9.88 Å². The standard InChI is InChI=1S/C24H30N4O/c1-17(2)23-16-27(12-11-19-7-5-4-6-8-19)13-14-28(23)24(29)20-9-10-21-22(15-20)26-18(3)25-21/h4-10,15,17,23H,11-14,16H2,1-3H3,(H,25,26). The molecule has 1 fully saturated rings. The average molecular weight is 391 g/mol. The summed E-state index contributed by atoms with van der Waals surface area (Å²) < 4.78 is 0. The quantitative estimate of drug-likeness (QED) is 0.719. The summed E-state index contributed by atoms with van der Waals surface area (Å²) in [5.41, 5.74) is 3.95. The number of amides is 1. The highest BCUT2D eigenvalue weighted by Crippen LogP contribution is 2.22. The number of hydrogen-bond acceptors (Lipinski definition) is 3. The first-order valence-corrected chi connectivity index (χ1v) is 10.5. The van der Waals surface area contributed by atoms with Crippen molar-refractivity contribution in [3.8, 4) is 0 Å². The van der Waals surface area contributed by atoms with E-state index in [1.807, 2.05) is 25.1 Å². The van der Waals surface area contributed by atoms with Crippen molar-refractivity contribution in [1.29, 1.82) is 0 Å². The molecule has 1 aliphatic heterocycles. The van der Waals surface area contributed by atoms with Crippen LogP contribution in [0.1, 0.15) is 35.6 Å². The van der Waals surface area contributed by atoms with Gasteiger partial charge in [-0.1, -0.05) is 44.2 Å². The van der Waals surface area contributed by atoms with E-state index in [0.29, 0.717) is 5.92 Å². The zero-order chi connectivity index (χ0) is 20.4. The highest BCUT2D eigenvalue weighted by atomic mass is 16.2. The van der Waals surface area contributed by atoms with Gasteiger partial charge in [0.05, 0.1) is 11.0 Å². The molecule has 2 heterocycles. The molecule has 1 N–H and O–H groups in total. The molecule has 3 aromatic rings. The molecule has 5 heteroatoms. The zero-order valence-electron chi connectivity index (χ0n) is 17.6. The van der Waals surface area contributed by atoms with Gasteiger partial charge in [-0.2, -0.15) is 0 Å². The molecule has 29 heavy (non-hydrogen) atoms. The molecule has 0 radical (unpaired) electrons. The van der Waals surface area contributed by atoms with Gasteiger partial charge in [-0.25, -0.2) is 4.98 Å². The first-order chi connectivity index (χ1) is 14.0. The highest BCUT2D eigenvalue weighted by Gasteiger charge is 2.32. The maximum Gasteiger partial charge on any atom is 0.254 e. The van der Waals surface area contributed by atoms with Crippen LogP contribution in [0.2, 0.25) is 0 Å². The Bertz CT molecular complexity index is 979. The summed E-state index contributed by atoms with van der Waals surface area (Å²) in [6.45, 7) is 10.0.